The molecule has 170 valence electrons. The highest BCUT2D eigenvalue weighted by molar-refractivity contribution is 6.04. The minimum atomic E-state index is -0.696. The van der Waals surface area contributed by atoms with Gasteiger partial charge in [0.2, 0.25) is 0 Å². The van der Waals surface area contributed by atoms with Gasteiger partial charge in [-0.3, -0.25) is 14.8 Å². The number of nitriles is 1. The molecule has 0 saturated heterocycles. The van der Waals surface area contributed by atoms with E-state index in [1.807, 2.05) is 32.9 Å². The van der Waals surface area contributed by atoms with Crippen molar-refractivity contribution in [1.29, 1.82) is 5.26 Å². The molecule has 0 fully saturated rings. The van der Waals surface area contributed by atoms with E-state index in [0.29, 0.717) is 28.4 Å². The molecule has 0 radical (unpaired) electrons. The Kier molecular flexibility index (Phi) is 6.06. The van der Waals surface area contributed by atoms with Gasteiger partial charge < -0.3 is 10.1 Å². The Morgan fingerprint density at radius 3 is 2.76 bits per heavy atom. The van der Waals surface area contributed by atoms with Gasteiger partial charge in [0.25, 0.3) is 5.91 Å². The molecule has 34 heavy (non-hydrogen) atoms. The number of hydrogen-bond donors (Lipinski definition) is 1. The SMILES string of the molecule is COc1cncc(-c2cn(-c3cc(NC(=O)c4cccc(C(C)(C)C#N)c4)cnc3C)nn2)c1. The van der Waals surface area contributed by atoms with E-state index >= 15 is 0 Å². The lowest BCUT2D eigenvalue weighted by Crippen LogP contribution is -2.17. The van der Waals surface area contributed by atoms with Gasteiger partial charge in [0, 0.05) is 17.3 Å². The smallest absolute Gasteiger partial charge is 0.255 e. The quantitative estimate of drug-likeness (QED) is 0.467. The van der Waals surface area contributed by atoms with Crippen molar-refractivity contribution in [1.82, 2.24) is 25.0 Å². The highest BCUT2D eigenvalue weighted by Crippen LogP contribution is 2.25. The van der Waals surface area contributed by atoms with Crippen molar-refractivity contribution in [2.45, 2.75) is 26.2 Å². The summed E-state index contributed by atoms with van der Waals surface area (Å²) >= 11 is 0. The Hall–Kier alpha value is -4.58. The summed E-state index contributed by atoms with van der Waals surface area (Å²) in [5.41, 5.74) is 3.82. The second-order valence-electron chi connectivity index (χ2n) is 8.26. The predicted molar refractivity (Wildman–Crippen MR) is 127 cm³/mol. The number of aromatic nitrogens is 5. The number of carbonyl (C=O) groups is 1. The molecule has 4 aromatic rings. The van der Waals surface area contributed by atoms with Crippen molar-refractivity contribution >= 4 is 11.6 Å². The molecular formula is C25H23N7O2. The van der Waals surface area contributed by atoms with Gasteiger partial charge in [-0.1, -0.05) is 17.3 Å². The first kappa shape index (κ1) is 22.6. The number of nitrogens with zero attached hydrogens (tertiary/aromatic N) is 6. The number of nitrogens with one attached hydrogen (secondary N) is 1. The van der Waals surface area contributed by atoms with Crippen LogP contribution in [0.5, 0.6) is 5.75 Å². The van der Waals surface area contributed by atoms with E-state index < -0.39 is 5.41 Å². The van der Waals surface area contributed by atoms with Crippen LogP contribution in [0.15, 0.2) is 61.2 Å². The number of ether oxygens (including phenoxy) is 1. The molecule has 0 saturated carbocycles. The number of benzene rings is 1. The van der Waals surface area contributed by atoms with Crippen LogP contribution in [0.25, 0.3) is 16.9 Å². The number of amides is 1. The van der Waals surface area contributed by atoms with E-state index in [9.17, 15) is 10.1 Å². The van der Waals surface area contributed by atoms with Gasteiger partial charge in [0.05, 0.1) is 54.3 Å². The fraction of sp³-hybridized carbons (Fsp3) is 0.200. The van der Waals surface area contributed by atoms with Crippen LogP contribution in [0.1, 0.15) is 35.5 Å². The van der Waals surface area contributed by atoms with E-state index in [4.69, 9.17) is 4.74 Å². The van der Waals surface area contributed by atoms with Crippen molar-refractivity contribution < 1.29 is 9.53 Å². The number of pyridine rings is 2. The van der Waals surface area contributed by atoms with E-state index in [-0.39, 0.29) is 5.91 Å². The molecular weight excluding hydrogens is 430 g/mol. The van der Waals surface area contributed by atoms with Gasteiger partial charge in [-0.05, 0) is 50.6 Å². The number of rotatable bonds is 6. The summed E-state index contributed by atoms with van der Waals surface area (Å²) in [4.78, 5) is 21.4. The fourth-order valence-electron chi connectivity index (χ4n) is 3.32. The standard InChI is InChI=1S/C25H23N7O2/c1-16-23(32-14-22(30-31-32)18-9-21(34-4)13-27-11-18)10-20(12-28-16)29-24(33)17-6-5-7-19(8-17)25(2,3)15-26/h5-14H,1-4H3,(H,29,33). The monoisotopic (exact) mass is 453 g/mol. The van der Waals surface area contributed by atoms with Crippen LogP contribution < -0.4 is 10.1 Å². The molecule has 0 aliphatic carbocycles. The lowest BCUT2D eigenvalue weighted by molar-refractivity contribution is 0.102. The van der Waals surface area contributed by atoms with Crippen molar-refractivity contribution in [3.8, 4) is 28.8 Å². The zero-order valence-electron chi connectivity index (χ0n) is 19.3. The van der Waals surface area contributed by atoms with E-state index in [1.165, 1.54) is 0 Å². The van der Waals surface area contributed by atoms with Crippen LogP contribution in [-0.4, -0.2) is 38.0 Å². The molecule has 0 aliphatic rings. The van der Waals surface area contributed by atoms with Crippen LogP contribution in [0, 0.1) is 18.3 Å². The first-order chi connectivity index (χ1) is 16.3. The topological polar surface area (TPSA) is 119 Å². The zero-order valence-corrected chi connectivity index (χ0v) is 19.3. The summed E-state index contributed by atoms with van der Waals surface area (Å²) in [6.07, 6.45) is 6.65. The largest absolute Gasteiger partial charge is 0.495 e. The summed E-state index contributed by atoms with van der Waals surface area (Å²) in [6.45, 7) is 5.48. The average molecular weight is 454 g/mol. The van der Waals surface area contributed by atoms with Crippen LogP contribution in [0.4, 0.5) is 5.69 Å². The molecule has 9 heteroatoms. The molecule has 1 aromatic carbocycles. The second kappa shape index (κ2) is 9.11. The van der Waals surface area contributed by atoms with Gasteiger partial charge in [0.1, 0.15) is 11.4 Å². The predicted octanol–water partition coefficient (Wildman–Crippen LogP) is 4.09. The Morgan fingerprint density at radius 2 is 2.00 bits per heavy atom. The van der Waals surface area contributed by atoms with Gasteiger partial charge in [0.15, 0.2) is 0 Å². The van der Waals surface area contributed by atoms with Crippen molar-refractivity contribution in [3.63, 3.8) is 0 Å². The third-order valence-electron chi connectivity index (χ3n) is 5.43. The Labute approximate surface area is 197 Å². The molecule has 3 heterocycles. The molecule has 0 atom stereocenters. The highest BCUT2D eigenvalue weighted by Gasteiger charge is 2.21. The minimum Gasteiger partial charge on any atom is -0.495 e. The van der Waals surface area contributed by atoms with Gasteiger partial charge in [-0.25, -0.2) is 4.68 Å². The number of anilines is 1. The summed E-state index contributed by atoms with van der Waals surface area (Å²) < 4.78 is 6.82. The Bertz CT molecular complexity index is 1400. The second-order valence-corrected chi connectivity index (χ2v) is 8.26. The molecule has 0 bridgehead atoms. The maximum absolute atomic E-state index is 12.9. The number of carbonyl (C=O) groups excluding carboxylic acids is 1. The van der Waals surface area contributed by atoms with Crippen molar-refractivity contribution in [2.24, 2.45) is 0 Å². The van der Waals surface area contributed by atoms with E-state index in [2.05, 4.69) is 31.7 Å². The summed E-state index contributed by atoms with van der Waals surface area (Å²) in [5.74, 6) is 0.325. The third kappa shape index (κ3) is 4.61. The molecule has 4 rings (SSSR count). The Morgan fingerprint density at radius 1 is 1.18 bits per heavy atom. The normalized spacial score (nSPS) is 11.0. The zero-order chi connectivity index (χ0) is 24.3. The number of aryl methyl sites for hydroxylation is 1. The third-order valence-corrected chi connectivity index (χ3v) is 5.43. The molecule has 0 spiro atoms. The van der Waals surface area contributed by atoms with Crippen LogP contribution >= 0.6 is 0 Å². The maximum atomic E-state index is 12.9. The lowest BCUT2D eigenvalue weighted by Gasteiger charge is -2.16. The molecule has 0 aliphatic heterocycles. The van der Waals surface area contributed by atoms with E-state index in [0.717, 1.165) is 16.8 Å². The first-order valence-corrected chi connectivity index (χ1v) is 10.5. The van der Waals surface area contributed by atoms with Crippen LogP contribution in [0.2, 0.25) is 0 Å². The van der Waals surface area contributed by atoms with Crippen LogP contribution in [-0.2, 0) is 5.41 Å². The Balaban J connectivity index is 1.59. The molecule has 1 N–H and O–H groups in total. The van der Waals surface area contributed by atoms with E-state index in [1.54, 1.807) is 60.8 Å². The van der Waals surface area contributed by atoms with Gasteiger partial charge >= 0.3 is 0 Å². The highest BCUT2D eigenvalue weighted by atomic mass is 16.5. The minimum absolute atomic E-state index is 0.297. The van der Waals surface area contributed by atoms with Gasteiger partial charge in [-0.15, -0.1) is 5.10 Å². The average Bonchev–Trinajstić information content (AvgIpc) is 3.35. The molecule has 0 unspecified atom stereocenters. The first-order valence-electron chi connectivity index (χ1n) is 10.5. The molecule has 3 aromatic heterocycles. The summed E-state index contributed by atoms with van der Waals surface area (Å²) in [6, 6.07) is 12.9. The number of hydrogen-bond acceptors (Lipinski definition) is 7. The van der Waals surface area contributed by atoms with Crippen molar-refractivity contribution in [2.75, 3.05) is 12.4 Å². The molecule has 9 nitrogen and oxygen atoms in total. The number of methoxy groups -OCH3 is 1. The molecule has 1 amide bonds. The van der Waals surface area contributed by atoms with Crippen LogP contribution in [0.3, 0.4) is 0 Å². The van der Waals surface area contributed by atoms with Gasteiger partial charge in [-0.2, -0.15) is 5.26 Å². The maximum Gasteiger partial charge on any atom is 0.255 e. The fourth-order valence-corrected chi connectivity index (χ4v) is 3.32. The summed E-state index contributed by atoms with van der Waals surface area (Å²) in [7, 11) is 1.58. The summed E-state index contributed by atoms with van der Waals surface area (Å²) in [5, 5.41) is 20.7. The van der Waals surface area contributed by atoms with Crippen molar-refractivity contribution in [3.05, 3.63) is 78.0 Å². The lowest BCUT2D eigenvalue weighted by atomic mass is 9.85.